The number of H-pyrrole nitrogens is 1. The number of nitrogens with two attached hydrogens (primary N) is 2. The van der Waals surface area contributed by atoms with E-state index in [2.05, 4.69) is 31.2 Å². The first-order chi connectivity index (χ1) is 24.2. The summed E-state index contributed by atoms with van der Waals surface area (Å²) in [4.78, 5) is 111. The zero-order valence-electron chi connectivity index (χ0n) is 28.7. The second-order valence-corrected chi connectivity index (χ2v) is 13.5. The highest BCUT2D eigenvalue weighted by molar-refractivity contribution is 7.98. The van der Waals surface area contributed by atoms with Gasteiger partial charge in [-0.25, -0.2) is 9.78 Å². The maximum absolute atomic E-state index is 13.7. The smallest absolute Gasteiger partial charge is 0.326 e. The Hall–Kier alpha value is -4.72. The summed E-state index contributed by atoms with van der Waals surface area (Å²) in [6.07, 6.45) is 6.21. The van der Waals surface area contributed by atoms with Crippen LogP contribution in [0.15, 0.2) is 12.5 Å². The van der Waals surface area contributed by atoms with Gasteiger partial charge in [-0.15, -0.1) is 0 Å². The molecule has 282 valence electrons. The molecule has 2 aliphatic heterocycles. The van der Waals surface area contributed by atoms with Crippen molar-refractivity contribution in [1.82, 2.24) is 41.0 Å². The van der Waals surface area contributed by atoms with Gasteiger partial charge < -0.3 is 52.6 Å². The van der Waals surface area contributed by atoms with Crippen molar-refractivity contribution in [3.05, 3.63) is 18.2 Å². The number of carbonyl (C=O) groups is 8. The van der Waals surface area contributed by atoms with Gasteiger partial charge in [0.2, 0.25) is 41.4 Å². The van der Waals surface area contributed by atoms with Crippen LogP contribution in [0.3, 0.4) is 0 Å². The monoisotopic (exact) mass is 736 g/mol. The molecule has 0 bridgehead atoms. The van der Waals surface area contributed by atoms with E-state index in [4.69, 9.17) is 11.5 Å². The van der Waals surface area contributed by atoms with Crippen molar-refractivity contribution >= 4 is 59.1 Å². The first-order valence-corrected chi connectivity index (χ1v) is 18.1. The zero-order chi connectivity index (χ0) is 37.7. The first kappa shape index (κ1) is 40.7. The summed E-state index contributed by atoms with van der Waals surface area (Å²) in [5.74, 6) is -5.09. The van der Waals surface area contributed by atoms with Crippen LogP contribution in [0, 0.1) is 0 Å². The molecule has 3 rings (SSSR count). The average molecular weight is 737 g/mol. The predicted molar refractivity (Wildman–Crippen MR) is 183 cm³/mol. The molecule has 10 N–H and O–H groups in total. The molecule has 2 saturated heterocycles. The molecule has 0 radical (unpaired) electrons. The Kier molecular flexibility index (Phi) is 15.7. The van der Waals surface area contributed by atoms with E-state index in [0.29, 0.717) is 30.7 Å². The lowest BCUT2D eigenvalue weighted by atomic mass is 10.1. The third-order valence-corrected chi connectivity index (χ3v) is 9.29. The molecule has 7 amide bonds. The lowest BCUT2D eigenvalue weighted by Crippen LogP contribution is -2.57. The van der Waals surface area contributed by atoms with Crippen LogP contribution in [-0.2, 0) is 44.8 Å². The fourth-order valence-electron chi connectivity index (χ4n) is 5.96. The number of hydrogen-bond donors (Lipinski definition) is 8. The summed E-state index contributed by atoms with van der Waals surface area (Å²) in [6.45, 7) is 1.45. The molecule has 6 atom stereocenters. The number of carboxylic acid groups (broad SMARTS) is 1. The molecule has 0 aromatic carbocycles. The summed E-state index contributed by atoms with van der Waals surface area (Å²) < 4.78 is 0. The number of hydrogen-bond acceptors (Lipinski definition) is 11. The normalized spacial score (nSPS) is 19.4. The third-order valence-electron chi connectivity index (χ3n) is 8.65. The van der Waals surface area contributed by atoms with Crippen LogP contribution in [0.1, 0.15) is 57.6 Å². The van der Waals surface area contributed by atoms with Crippen molar-refractivity contribution in [3.63, 3.8) is 0 Å². The number of aromatic amines is 1. The van der Waals surface area contributed by atoms with Gasteiger partial charge in [0.25, 0.3) is 0 Å². The number of rotatable bonds is 19. The molecule has 1 aromatic rings. The fourth-order valence-corrected chi connectivity index (χ4v) is 6.43. The molecule has 2 fully saturated rings. The summed E-state index contributed by atoms with van der Waals surface area (Å²) in [7, 11) is 0. The molecule has 1 aromatic heterocycles. The van der Waals surface area contributed by atoms with Crippen LogP contribution < -0.4 is 32.7 Å². The van der Waals surface area contributed by atoms with Crippen LogP contribution in [0.5, 0.6) is 0 Å². The number of carbonyl (C=O) groups excluding carboxylic acids is 7. The van der Waals surface area contributed by atoms with E-state index in [-0.39, 0.29) is 45.2 Å². The van der Waals surface area contributed by atoms with E-state index in [0.717, 1.165) is 0 Å². The predicted octanol–water partition coefficient (Wildman–Crippen LogP) is -3.04. The molecular formula is C31H48N10O9S. The Morgan fingerprint density at radius 3 is 2.12 bits per heavy atom. The van der Waals surface area contributed by atoms with Crippen LogP contribution >= 0.6 is 11.8 Å². The molecule has 0 spiro atoms. The van der Waals surface area contributed by atoms with Crippen LogP contribution in [-0.4, -0.2) is 140 Å². The van der Waals surface area contributed by atoms with Gasteiger partial charge in [-0.3, -0.25) is 33.6 Å². The van der Waals surface area contributed by atoms with Gasteiger partial charge in [-0.2, -0.15) is 11.8 Å². The second-order valence-electron chi connectivity index (χ2n) is 12.5. The van der Waals surface area contributed by atoms with E-state index < -0.39 is 90.1 Å². The summed E-state index contributed by atoms with van der Waals surface area (Å²) >= 11 is 1.44. The van der Waals surface area contributed by atoms with Crippen LogP contribution in [0.4, 0.5) is 0 Å². The molecule has 2 aliphatic rings. The molecule has 19 nitrogen and oxygen atoms in total. The standard InChI is InChI=1S/C31H48N10O9S/c1-17(32)26(44)39-21(13-18-14-34-16-36-18)30(48)40-10-3-5-22(40)27(45)35-15-25(43)37-19(9-12-51-2)29(47)41-11-4-6-23(41)28(46)38-20(31(49)50)7-8-24(33)42/h14,16-17,19-23H,3-13,15,32H2,1-2H3,(H2,33,42)(H,34,36)(H,35,45)(H,37,43)(H,38,46)(H,39,44)(H,49,50)/t17-,19-,20-,21-,22-,23-/m0/s1. The fraction of sp³-hybridized carbons (Fsp3) is 0.645. The van der Waals surface area contributed by atoms with E-state index in [1.807, 2.05) is 6.26 Å². The lowest BCUT2D eigenvalue weighted by molar-refractivity contribution is -0.145. The molecule has 3 heterocycles. The van der Waals surface area contributed by atoms with E-state index in [1.165, 1.54) is 41.0 Å². The first-order valence-electron chi connectivity index (χ1n) is 16.7. The minimum absolute atomic E-state index is 0.0883. The minimum atomic E-state index is -1.38. The van der Waals surface area contributed by atoms with Crippen molar-refractivity contribution in [2.75, 3.05) is 31.6 Å². The highest BCUT2D eigenvalue weighted by Crippen LogP contribution is 2.21. The van der Waals surface area contributed by atoms with E-state index >= 15 is 0 Å². The largest absolute Gasteiger partial charge is 0.480 e. The van der Waals surface area contributed by atoms with Gasteiger partial charge in [-0.05, 0) is 57.5 Å². The Labute approximate surface area is 299 Å². The second kappa shape index (κ2) is 19.6. The number of nitrogens with one attached hydrogen (secondary N) is 5. The SMILES string of the molecule is CSCC[C@H](NC(=O)CNC(=O)[C@@H]1CCCN1C(=O)[C@H](Cc1cnc[nH]1)NC(=O)[C@H](C)N)C(=O)N1CCC[C@H]1C(=O)N[C@@H](CCC(N)=O)C(=O)O. The number of thioether (sulfide) groups is 1. The number of aromatic nitrogens is 2. The molecular weight excluding hydrogens is 688 g/mol. The van der Waals surface area contributed by atoms with Crippen molar-refractivity contribution < 1.29 is 43.5 Å². The van der Waals surface area contributed by atoms with Gasteiger partial charge in [0, 0.05) is 37.8 Å². The topological polar surface area (TPSA) is 292 Å². The highest BCUT2D eigenvalue weighted by atomic mass is 32.2. The third kappa shape index (κ3) is 11.9. The van der Waals surface area contributed by atoms with E-state index in [9.17, 15) is 43.5 Å². The summed E-state index contributed by atoms with van der Waals surface area (Å²) in [5, 5.41) is 19.7. The molecule has 20 heteroatoms. The maximum Gasteiger partial charge on any atom is 0.326 e. The Bertz CT molecular complexity index is 1430. The van der Waals surface area contributed by atoms with Crippen LogP contribution in [0.2, 0.25) is 0 Å². The molecule has 0 saturated carbocycles. The Morgan fingerprint density at radius 1 is 0.941 bits per heavy atom. The number of carboxylic acids is 1. The quantitative estimate of drug-likeness (QED) is 0.0703. The van der Waals surface area contributed by atoms with Gasteiger partial charge in [0.1, 0.15) is 30.2 Å². The lowest BCUT2D eigenvalue weighted by Gasteiger charge is -2.30. The number of amides is 7. The van der Waals surface area contributed by atoms with Crippen molar-refractivity contribution in [2.24, 2.45) is 11.5 Å². The Balaban J connectivity index is 1.62. The number of likely N-dealkylation sites (tertiary alicyclic amines) is 2. The van der Waals surface area contributed by atoms with Gasteiger partial charge in [0.15, 0.2) is 0 Å². The van der Waals surface area contributed by atoms with Gasteiger partial charge >= 0.3 is 5.97 Å². The van der Waals surface area contributed by atoms with Crippen molar-refractivity contribution in [2.45, 2.75) is 94.5 Å². The Morgan fingerprint density at radius 2 is 1.57 bits per heavy atom. The average Bonchev–Trinajstić information content (AvgIpc) is 3.88. The summed E-state index contributed by atoms with van der Waals surface area (Å²) in [5.41, 5.74) is 11.4. The van der Waals surface area contributed by atoms with Crippen molar-refractivity contribution in [3.8, 4) is 0 Å². The minimum Gasteiger partial charge on any atom is -0.480 e. The number of nitrogens with zero attached hydrogens (tertiary/aromatic N) is 3. The molecule has 51 heavy (non-hydrogen) atoms. The molecule has 0 unspecified atom stereocenters. The maximum atomic E-state index is 13.7. The highest BCUT2D eigenvalue weighted by Gasteiger charge is 2.40. The summed E-state index contributed by atoms with van der Waals surface area (Å²) in [6, 6.07) is -6.20. The van der Waals surface area contributed by atoms with Gasteiger partial charge in [0.05, 0.1) is 18.9 Å². The number of imidazole rings is 1. The van der Waals surface area contributed by atoms with E-state index in [1.54, 1.807) is 0 Å². The van der Waals surface area contributed by atoms with Gasteiger partial charge in [-0.1, -0.05) is 0 Å². The zero-order valence-corrected chi connectivity index (χ0v) is 29.5. The molecule has 0 aliphatic carbocycles. The van der Waals surface area contributed by atoms with Crippen molar-refractivity contribution in [1.29, 1.82) is 0 Å². The number of aliphatic carboxylic acids is 1. The number of primary amides is 1. The van der Waals surface area contributed by atoms with Crippen LogP contribution in [0.25, 0.3) is 0 Å².